The van der Waals surface area contributed by atoms with Gasteiger partial charge in [-0.25, -0.2) is 13.8 Å². The van der Waals surface area contributed by atoms with Gasteiger partial charge >= 0.3 is 0 Å². The molecular formula is C8H10F2N2O2. The van der Waals surface area contributed by atoms with Crippen molar-refractivity contribution in [1.82, 2.24) is 4.98 Å². The number of methoxy groups -OCH3 is 2. The largest absolute Gasteiger partial charge is 0.494 e. The number of nitrogens with zero attached hydrogens (tertiary/aromatic N) is 1. The molecule has 0 aliphatic carbocycles. The van der Waals surface area contributed by atoms with Crippen LogP contribution in [-0.2, 0) is 0 Å². The fourth-order valence-electron chi connectivity index (χ4n) is 1.05. The van der Waals surface area contributed by atoms with E-state index in [1.54, 1.807) is 0 Å². The van der Waals surface area contributed by atoms with Crippen molar-refractivity contribution in [2.45, 2.75) is 6.43 Å². The first-order valence-electron chi connectivity index (χ1n) is 3.76. The van der Waals surface area contributed by atoms with Crippen LogP contribution in [0.5, 0.6) is 11.6 Å². The predicted octanol–water partition coefficient (Wildman–Crippen LogP) is 1.62. The number of nitrogen functional groups attached to an aromatic ring is 1. The lowest BCUT2D eigenvalue weighted by Crippen LogP contribution is -2.02. The maximum absolute atomic E-state index is 12.4. The van der Waals surface area contributed by atoms with Crippen LogP contribution in [0.2, 0.25) is 0 Å². The molecule has 0 bridgehead atoms. The zero-order valence-corrected chi connectivity index (χ0v) is 7.75. The van der Waals surface area contributed by atoms with Gasteiger partial charge in [0.1, 0.15) is 5.69 Å². The number of aromatic nitrogens is 1. The quantitative estimate of drug-likeness (QED) is 0.812. The zero-order valence-electron chi connectivity index (χ0n) is 7.75. The van der Waals surface area contributed by atoms with Crippen LogP contribution in [-0.4, -0.2) is 19.2 Å². The van der Waals surface area contributed by atoms with Gasteiger partial charge in [0.05, 0.1) is 19.8 Å². The zero-order chi connectivity index (χ0) is 10.7. The second kappa shape index (κ2) is 4.08. The maximum atomic E-state index is 12.4. The first-order chi connectivity index (χ1) is 6.61. The smallest absolute Gasteiger partial charge is 0.268 e. The third-order valence-corrected chi connectivity index (χ3v) is 1.69. The minimum absolute atomic E-state index is 0.0206. The van der Waals surface area contributed by atoms with Gasteiger partial charge in [0.2, 0.25) is 5.88 Å². The fraction of sp³-hybridized carbons (Fsp3) is 0.375. The van der Waals surface area contributed by atoms with E-state index in [9.17, 15) is 8.78 Å². The van der Waals surface area contributed by atoms with Gasteiger partial charge in [0, 0.05) is 6.20 Å². The van der Waals surface area contributed by atoms with E-state index < -0.39 is 6.43 Å². The number of ether oxygens (including phenoxy) is 2. The normalized spacial score (nSPS) is 10.4. The molecule has 14 heavy (non-hydrogen) atoms. The second-order valence-electron chi connectivity index (χ2n) is 2.47. The molecule has 0 aliphatic heterocycles. The van der Waals surface area contributed by atoms with Gasteiger partial charge in [0.15, 0.2) is 5.75 Å². The molecule has 1 heterocycles. The van der Waals surface area contributed by atoms with Crippen molar-refractivity contribution in [1.29, 1.82) is 0 Å². The Morgan fingerprint density at radius 2 is 2.00 bits per heavy atom. The van der Waals surface area contributed by atoms with Crippen molar-refractivity contribution < 1.29 is 18.3 Å². The summed E-state index contributed by atoms with van der Waals surface area (Å²) in [5.41, 5.74) is 5.13. The number of rotatable bonds is 3. The Balaban J connectivity index is 3.28. The van der Waals surface area contributed by atoms with E-state index in [2.05, 4.69) is 4.98 Å². The molecule has 0 unspecified atom stereocenters. The van der Waals surface area contributed by atoms with Gasteiger partial charge in [-0.05, 0) is 0 Å². The summed E-state index contributed by atoms with van der Waals surface area (Å²) in [7, 11) is 2.61. The summed E-state index contributed by atoms with van der Waals surface area (Å²) in [6, 6.07) is 0. The van der Waals surface area contributed by atoms with Crippen molar-refractivity contribution >= 4 is 5.69 Å². The summed E-state index contributed by atoms with van der Waals surface area (Å²) in [4.78, 5) is 3.62. The van der Waals surface area contributed by atoms with E-state index >= 15 is 0 Å². The van der Waals surface area contributed by atoms with Crippen molar-refractivity contribution in [2.75, 3.05) is 20.0 Å². The molecule has 4 nitrogen and oxygen atoms in total. The van der Waals surface area contributed by atoms with E-state index in [-0.39, 0.29) is 22.9 Å². The first-order valence-corrected chi connectivity index (χ1v) is 3.76. The van der Waals surface area contributed by atoms with Crippen LogP contribution in [0.1, 0.15) is 12.0 Å². The van der Waals surface area contributed by atoms with Gasteiger partial charge < -0.3 is 15.2 Å². The minimum Gasteiger partial charge on any atom is -0.494 e. The summed E-state index contributed by atoms with van der Waals surface area (Å²) in [5, 5.41) is 0. The van der Waals surface area contributed by atoms with Crippen LogP contribution < -0.4 is 15.2 Å². The molecule has 1 aromatic rings. The molecular weight excluding hydrogens is 194 g/mol. The molecule has 0 aromatic carbocycles. The molecule has 78 valence electrons. The van der Waals surface area contributed by atoms with Crippen molar-refractivity contribution in [2.24, 2.45) is 0 Å². The molecule has 6 heteroatoms. The second-order valence-corrected chi connectivity index (χ2v) is 2.47. The Labute approximate surface area is 79.6 Å². The average molecular weight is 204 g/mol. The molecule has 0 aliphatic rings. The monoisotopic (exact) mass is 204 g/mol. The summed E-state index contributed by atoms with van der Waals surface area (Å²) < 4.78 is 34.3. The molecule has 0 saturated heterocycles. The van der Waals surface area contributed by atoms with Crippen LogP contribution in [0, 0.1) is 0 Å². The van der Waals surface area contributed by atoms with Crippen LogP contribution in [0.15, 0.2) is 6.20 Å². The number of hydrogen-bond donors (Lipinski definition) is 1. The van der Waals surface area contributed by atoms with E-state index in [1.165, 1.54) is 14.2 Å². The van der Waals surface area contributed by atoms with Crippen LogP contribution in [0.3, 0.4) is 0 Å². The van der Waals surface area contributed by atoms with E-state index in [0.29, 0.717) is 0 Å². The standard InChI is InChI=1S/C8H10F2N2O2/c1-13-6-4(7(9)10)3-12-8(14-2)5(6)11/h3,7H,11H2,1-2H3. The van der Waals surface area contributed by atoms with E-state index in [0.717, 1.165) is 6.20 Å². The van der Waals surface area contributed by atoms with Crippen molar-refractivity contribution in [3.8, 4) is 11.6 Å². The maximum Gasteiger partial charge on any atom is 0.268 e. The molecule has 0 radical (unpaired) electrons. The number of nitrogens with two attached hydrogens (primary N) is 1. The van der Waals surface area contributed by atoms with Crippen LogP contribution >= 0.6 is 0 Å². The molecule has 1 rings (SSSR count). The Bertz CT molecular complexity index is 331. The lowest BCUT2D eigenvalue weighted by molar-refractivity contribution is 0.146. The molecule has 0 atom stereocenters. The Morgan fingerprint density at radius 1 is 1.36 bits per heavy atom. The summed E-state index contributed by atoms with van der Waals surface area (Å²) >= 11 is 0. The molecule has 0 spiro atoms. The molecule has 1 aromatic heterocycles. The number of halogens is 2. The molecule has 0 saturated carbocycles. The third kappa shape index (κ3) is 1.68. The lowest BCUT2D eigenvalue weighted by Gasteiger charge is -2.11. The summed E-state index contributed by atoms with van der Waals surface area (Å²) in [5.74, 6) is -0.0156. The number of alkyl halides is 2. The Hall–Kier alpha value is -1.59. The Kier molecular flexibility index (Phi) is 3.06. The summed E-state index contributed by atoms with van der Waals surface area (Å²) in [6.07, 6.45) is -1.69. The van der Waals surface area contributed by atoms with Gasteiger partial charge in [-0.1, -0.05) is 0 Å². The number of pyridine rings is 1. The number of anilines is 1. The average Bonchev–Trinajstić information content (AvgIpc) is 2.17. The molecule has 2 N–H and O–H groups in total. The van der Waals surface area contributed by atoms with Gasteiger partial charge in [-0.3, -0.25) is 0 Å². The van der Waals surface area contributed by atoms with Crippen LogP contribution in [0.4, 0.5) is 14.5 Å². The van der Waals surface area contributed by atoms with Crippen molar-refractivity contribution in [3.05, 3.63) is 11.8 Å². The topological polar surface area (TPSA) is 57.4 Å². The number of hydrogen-bond acceptors (Lipinski definition) is 4. The SMILES string of the molecule is COc1ncc(C(F)F)c(OC)c1N. The van der Waals surface area contributed by atoms with E-state index in [1.807, 2.05) is 0 Å². The highest BCUT2D eigenvalue weighted by Crippen LogP contribution is 2.37. The minimum atomic E-state index is -2.68. The Morgan fingerprint density at radius 3 is 2.43 bits per heavy atom. The summed E-state index contributed by atoms with van der Waals surface area (Å²) in [6.45, 7) is 0. The highest BCUT2D eigenvalue weighted by molar-refractivity contribution is 5.62. The third-order valence-electron chi connectivity index (χ3n) is 1.69. The van der Waals surface area contributed by atoms with Crippen LogP contribution in [0.25, 0.3) is 0 Å². The van der Waals surface area contributed by atoms with Crippen molar-refractivity contribution in [3.63, 3.8) is 0 Å². The molecule has 0 fully saturated rings. The first kappa shape index (κ1) is 10.5. The molecule has 0 amide bonds. The van der Waals surface area contributed by atoms with E-state index in [4.69, 9.17) is 15.2 Å². The predicted molar refractivity (Wildman–Crippen MR) is 46.7 cm³/mol. The fourth-order valence-corrected chi connectivity index (χ4v) is 1.05. The van der Waals surface area contributed by atoms with Gasteiger partial charge in [-0.15, -0.1) is 0 Å². The highest BCUT2D eigenvalue weighted by atomic mass is 19.3. The van der Waals surface area contributed by atoms with Gasteiger partial charge in [-0.2, -0.15) is 0 Å². The lowest BCUT2D eigenvalue weighted by atomic mass is 10.2. The van der Waals surface area contributed by atoms with Gasteiger partial charge in [0.25, 0.3) is 6.43 Å². The highest BCUT2D eigenvalue weighted by Gasteiger charge is 2.19.